The molecular weight excluding hydrogens is 651 g/mol. The summed E-state index contributed by atoms with van der Waals surface area (Å²) in [5, 5.41) is 1.70. The highest BCUT2D eigenvalue weighted by Crippen LogP contribution is 2.59. The lowest BCUT2D eigenvalue weighted by molar-refractivity contribution is 0.768. The van der Waals surface area contributed by atoms with Crippen molar-refractivity contribution in [1.29, 1.82) is 0 Å². The van der Waals surface area contributed by atoms with E-state index in [4.69, 9.17) is 6.85 Å². The molecule has 0 heterocycles. The third-order valence-electron chi connectivity index (χ3n) is 10.2. The van der Waals surface area contributed by atoms with Gasteiger partial charge < -0.3 is 4.90 Å². The Morgan fingerprint density at radius 1 is 0.407 bits per heavy atom. The van der Waals surface area contributed by atoms with Gasteiger partial charge in [0.15, 0.2) is 0 Å². The van der Waals surface area contributed by atoms with Gasteiger partial charge >= 0.3 is 0 Å². The molecule has 0 atom stereocenters. The van der Waals surface area contributed by atoms with Gasteiger partial charge in [-0.1, -0.05) is 188 Å². The minimum absolute atomic E-state index is 0.00801. The SMILES string of the molecule is [2H]c1c([2H])c([2H])c(-c2c([2H])c([2H])c(N(c3cccc4c3-c3ccccc3C4(c3ccccc3)c3ccccc3)c3c([2H])c([2H])c([2H])c(-c4ccc5ccccc5c4)c3[2H])c([2H])c2[2H])c([2H])c1[2H]. The van der Waals surface area contributed by atoms with E-state index in [0.29, 0.717) is 11.1 Å². The van der Waals surface area contributed by atoms with Gasteiger partial charge in [0, 0.05) is 16.9 Å². The van der Waals surface area contributed by atoms with Crippen molar-refractivity contribution in [2.75, 3.05) is 4.90 Å². The highest BCUT2D eigenvalue weighted by Gasteiger charge is 2.47. The molecule has 0 spiro atoms. The van der Waals surface area contributed by atoms with E-state index in [1.807, 2.05) is 121 Å². The van der Waals surface area contributed by atoms with Crippen molar-refractivity contribution in [2.45, 2.75) is 5.41 Å². The highest BCUT2D eigenvalue weighted by atomic mass is 15.1. The maximum Gasteiger partial charge on any atom is 0.0714 e. The Morgan fingerprint density at radius 3 is 1.80 bits per heavy atom. The molecule has 1 nitrogen and oxygen atoms in total. The minimum Gasteiger partial charge on any atom is -0.310 e. The number of hydrogen-bond donors (Lipinski definition) is 0. The van der Waals surface area contributed by atoms with Crippen LogP contribution in [0.15, 0.2) is 224 Å². The predicted molar refractivity (Wildman–Crippen MR) is 227 cm³/mol. The Morgan fingerprint density at radius 2 is 1.04 bits per heavy atom. The second kappa shape index (κ2) is 13.2. The molecule has 1 heteroatoms. The van der Waals surface area contributed by atoms with E-state index < -0.39 is 88.7 Å². The molecule has 0 bridgehead atoms. The van der Waals surface area contributed by atoms with Crippen molar-refractivity contribution in [1.82, 2.24) is 0 Å². The molecule has 0 saturated carbocycles. The molecule has 0 radical (unpaired) electrons. The maximum absolute atomic E-state index is 10.0. The van der Waals surface area contributed by atoms with Gasteiger partial charge in [0.05, 0.1) is 28.9 Å². The first-order valence-electron chi connectivity index (χ1n) is 24.1. The molecule has 1 aliphatic rings. The zero-order valence-electron chi connectivity index (χ0n) is 41.8. The van der Waals surface area contributed by atoms with Crippen LogP contribution in [0.4, 0.5) is 17.1 Å². The second-order valence-corrected chi connectivity index (χ2v) is 13.1. The van der Waals surface area contributed by atoms with Gasteiger partial charge in [-0.3, -0.25) is 0 Å². The molecule has 0 unspecified atom stereocenters. The fourth-order valence-electron chi connectivity index (χ4n) is 7.87. The number of anilines is 3. The van der Waals surface area contributed by atoms with E-state index in [1.165, 1.54) is 4.90 Å². The summed E-state index contributed by atoms with van der Waals surface area (Å²) in [6.07, 6.45) is 0. The molecule has 0 fully saturated rings. The highest BCUT2D eigenvalue weighted by molar-refractivity contribution is 5.98. The van der Waals surface area contributed by atoms with Crippen LogP contribution >= 0.6 is 0 Å². The summed E-state index contributed by atoms with van der Waals surface area (Å²) in [6, 6.07) is 37.9. The number of hydrogen-bond acceptors (Lipinski definition) is 1. The predicted octanol–water partition coefficient (Wildman–Crippen LogP) is 14.0. The summed E-state index contributed by atoms with van der Waals surface area (Å²) in [5.41, 5.74) is 2.82. The average molecular weight is 701 g/mol. The van der Waals surface area contributed by atoms with E-state index in [2.05, 4.69) is 0 Å². The van der Waals surface area contributed by atoms with Crippen molar-refractivity contribution in [3.63, 3.8) is 0 Å². The molecule has 0 aliphatic heterocycles. The molecule has 254 valence electrons. The van der Waals surface area contributed by atoms with E-state index in [1.54, 1.807) is 24.3 Å². The van der Waals surface area contributed by atoms with E-state index >= 15 is 0 Å². The van der Waals surface area contributed by atoms with E-state index in [-0.39, 0.29) is 29.0 Å². The van der Waals surface area contributed by atoms with Crippen molar-refractivity contribution >= 4 is 27.8 Å². The number of nitrogens with zero attached hydrogens (tertiary/aromatic N) is 1. The average Bonchev–Trinajstić information content (AvgIpc) is 3.66. The smallest absolute Gasteiger partial charge is 0.0714 e. The van der Waals surface area contributed by atoms with Crippen molar-refractivity contribution in [2.24, 2.45) is 0 Å². The Kier molecular flexibility index (Phi) is 5.12. The standard InChI is InChI=1S/C53H37N/c1-4-16-38(17-5-1)40-32-34-46(35-33-40)54(47-25-14-20-42(37-47)43-31-30-39-18-10-11-19-41(39)36-43)51-29-15-28-50-52(51)48-26-12-13-27-49(48)53(50,44-21-6-2-7-22-44)45-23-8-3-9-24-45/h1-37H/i1D,4D,5D,14D,16D,17D,20D,25D,32D,33D,34D,35D,37D. The van der Waals surface area contributed by atoms with Gasteiger partial charge in [-0.2, -0.15) is 0 Å². The van der Waals surface area contributed by atoms with Gasteiger partial charge in [0.2, 0.25) is 0 Å². The van der Waals surface area contributed by atoms with Crippen molar-refractivity contribution < 1.29 is 17.8 Å². The molecule has 9 aromatic carbocycles. The minimum atomic E-state index is -0.953. The molecule has 1 aliphatic carbocycles. The summed E-state index contributed by atoms with van der Waals surface area (Å²) in [4.78, 5) is 1.32. The number of fused-ring (bicyclic) bond motifs is 4. The van der Waals surface area contributed by atoms with Gasteiger partial charge in [-0.05, 0) is 97.1 Å². The van der Waals surface area contributed by atoms with Crippen LogP contribution in [0.3, 0.4) is 0 Å². The van der Waals surface area contributed by atoms with Crippen LogP contribution in [0.5, 0.6) is 0 Å². The molecular formula is C53H37N. The topological polar surface area (TPSA) is 3.24 Å². The largest absolute Gasteiger partial charge is 0.310 e. The lowest BCUT2D eigenvalue weighted by Crippen LogP contribution is -2.28. The van der Waals surface area contributed by atoms with Crippen LogP contribution in [0.1, 0.15) is 40.1 Å². The number of benzene rings is 9. The second-order valence-electron chi connectivity index (χ2n) is 13.1. The van der Waals surface area contributed by atoms with Crippen molar-refractivity contribution in [3.8, 4) is 33.4 Å². The van der Waals surface area contributed by atoms with Crippen LogP contribution in [0.25, 0.3) is 44.2 Å². The van der Waals surface area contributed by atoms with Gasteiger partial charge in [-0.15, -0.1) is 0 Å². The third kappa shape index (κ3) is 5.17. The quantitative estimate of drug-likeness (QED) is 0.160. The maximum atomic E-state index is 10.0. The van der Waals surface area contributed by atoms with Crippen LogP contribution in [0, 0.1) is 0 Å². The summed E-state index contributed by atoms with van der Waals surface area (Å²) in [5.74, 6) is 0. The Hall–Kier alpha value is -6.96. The van der Waals surface area contributed by atoms with Gasteiger partial charge in [-0.25, -0.2) is 0 Å². The molecule has 0 amide bonds. The van der Waals surface area contributed by atoms with Gasteiger partial charge in [0.1, 0.15) is 0 Å². The zero-order valence-corrected chi connectivity index (χ0v) is 28.8. The normalized spacial score (nSPS) is 16.0. The van der Waals surface area contributed by atoms with Crippen LogP contribution < -0.4 is 4.90 Å². The molecule has 0 saturated heterocycles. The summed E-state index contributed by atoms with van der Waals surface area (Å²) in [7, 11) is 0. The lowest BCUT2D eigenvalue weighted by Gasteiger charge is -2.34. The van der Waals surface area contributed by atoms with E-state index in [0.717, 1.165) is 38.6 Å². The Labute approximate surface area is 335 Å². The fourth-order valence-corrected chi connectivity index (χ4v) is 7.87. The Balaban J connectivity index is 1.36. The van der Waals surface area contributed by atoms with Crippen LogP contribution in [-0.2, 0) is 5.41 Å². The van der Waals surface area contributed by atoms with E-state index in [9.17, 15) is 11.0 Å². The van der Waals surface area contributed by atoms with Crippen LogP contribution in [-0.4, -0.2) is 0 Å². The number of rotatable bonds is 7. The summed E-state index contributed by atoms with van der Waals surface area (Å²) in [6.45, 7) is 0. The first-order chi connectivity index (χ1) is 32.2. The van der Waals surface area contributed by atoms with Crippen LogP contribution in [0.2, 0.25) is 0 Å². The monoisotopic (exact) mass is 700 g/mol. The first-order valence-corrected chi connectivity index (χ1v) is 17.6. The molecule has 10 rings (SSSR count). The molecule has 0 N–H and O–H groups in total. The van der Waals surface area contributed by atoms with Crippen molar-refractivity contribution in [3.05, 3.63) is 246 Å². The summed E-state index contributed by atoms with van der Waals surface area (Å²) >= 11 is 0. The molecule has 9 aromatic rings. The molecule has 54 heavy (non-hydrogen) atoms. The third-order valence-corrected chi connectivity index (χ3v) is 10.2. The summed E-state index contributed by atoms with van der Waals surface area (Å²) < 4.78 is 119. The first kappa shape index (κ1) is 20.9. The zero-order chi connectivity index (χ0) is 47.2. The molecule has 0 aromatic heterocycles. The fraction of sp³-hybridized carbons (Fsp3) is 0.0189. The van der Waals surface area contributed by atoms with Gasteiger partial charge in [0.25, 0.3) is 0 Å². The lowest BCUT2D eigenvalue weighted by atomic mass is 9.68. The Bertz CT molecular complexity index is 3420.